The molecule has 9 rings (SSSR count). The average molecular weight is 585 g/mol. The monoisotopic (exact) mass is 584 g/mol. The molecule has 0 fully saturated rings. The van der Waals surface area contributed by atoms with Crippen LogP contribution in [0.25, 0.3) is 22.7 Å². The van der Waals surface area contributed by atoms with Crippen LogP contribution in [0.5, 0.6) is 0 Å². The number of nitrogens with zero attached hydrogens (tertiary/aromatic N) is 2. The third-order valence-corrected chi connectivity index (χ3v) is 10.4. The van der Waals surface area contributed by atoms with Gasteiger partial charge in [-0.05, 0) is 53.3 Å². The third-order valence-electron chi connectivity index (χ3n) is 10.4. The zero-order valence-electron chi connectivity index (χ0n) is 25.6. The van der Waals surface area contributed by atoms with Crippen LogP contribution in [-0.4, -0.2) is 22.8 Å². The Morgan fingerprint density at radius 1 is 0.822 bits per heavy atom. The van der Waals surface area contributed by atoms with E-state index in [2.05, 4.69) is 163 Å². The highest BCUT2D eigenvalue weighted by Crippen LogP contribution is 2.57. The smallest absolute Gasteiger partial charge is 0.123 e. The summed E-state index contributed by atoms with van der Waals surface area (Å²) in [6.07, 6.45) is 21.1. The number of nitrogens with one attached hydrogen (secondary N) is 2. The largest absolute Gasteiger partial charge is 0.371 e. The van der Waals surface area contributed by atoms with E-state index in [0.29, 0.717) is 11.8 Å². The standard InChI is InChI=1S/C41H36N4/c1-26-23-30(27-13-5-3-6-14-27)25-41(2)32-24-29(20-21-31(32)40-39(36(26)41)44-35-19-11-12-22-45(35)40)38-37(28-15-7-4-8-16-28)42-33-17-9-10-18-34(33)43-38/h3-22,24-26,34-36,43-44H,23H2,1-2H3. The molecule has 3 aliphatic heterocycles. The minimum Gasteiger partial charge on any atom is -0.371 e. The van der Waals surface area contributed by atoms with Gasteiger partial charge in [-0.25, -0.2) is 4.99 Å². The number of allylic oxidation sites excluding steroid dienone is 7. The number of fused-ring (bicyclic) bond motifs is 8. The maximum atomic E-state index is 5.25. The highest BCUT2D eigenvalue weighted by molar-refractivity contribution is 6.10. The van der Waals surface area contributed by atoms with Crippen molar-refractivity contribution >= 4 is 28.4 Å². The molecule has 0 bridgehead atoms. The molecule has 0 saturated carbocycles. The van der Waals surface area contributed by atoms with Gasteiger partial charge in [-0.2, -0.15) is 0 Å². The van der Waals surface area contributed by atoms with Gasteiger partial charge in [-0.1, -0.05) is 117 Å². The average Bonchev–Trinajstić information content (AvgIpc) is 3.47. The molecule has 3 heterocycles. The molecule has 0 saturated heterocycles. The van der Waals surface area contributed by atoms with E-state index >= 15 is 0 Å². The first-order valence-corrected chi connectivity index (χ1v) is 16.1. The molecule has 2 N–H and O–H groups in total. The normalized spacial score (nSPS) is 28.7. The Morgan fingerprint density at radius 2 is 1.60 bits per heavy atom. The van der Waals surface area contributed by atoms with E-state index in [-0.39, 0.29) is 17.6 Å². The predicted molar refractivity (Wildman–Crippen MR) is 185 cm³/mol. The van der Waals surface area contributed by atoms with Crippen LogP contribution in [0.2, 0.25) is 0 Å². The van der Waals surface area contributed by atoms with Crippen LogP contribution in [0.1, 0.15) is 48.1 Å². The molecule has 45 heavy (non-hydrogen) atoms. The molecule has 3 aromatic carbocycles. The van der Waals surface area contributed by atoms with Crippen molar-refractivity contribution < 1.29 is 0 Å². The fourth-order valence-electron chi connectivity index (χ4n) is 8.51. The molecule has 5 unspecified atom stereocenters. The van der Waals surface area contributed by atoms with Crippen molar-refractivity contribution in [2.75, 3.05) is 0 Å². The molecular weight excluding hydrogens is 548 g/mol. The van der Waals surface area contributed by atoms with E-state index < -0.39 is 0 Å². The topological polar surface area (TPSA) is 39.7 Å². The zero-order chi connectivity index (χ0) is 30.1. The zero-order valence-corrected chi connectivity index (χ0v) is 25.6. The van der Waals surface area contributed by atoms with Gasteiger partial charge < -0.3 is 15.5 Å². The second kappa shape index (κ2) is 9.97. The van der Waals surface area contributed by atoms with E-state index in [1.807, 2.05) is 0 Å². The van der Waals surface area contributed by atoms with Crippen LogP contribution in [-0.2, 0) is 5.41 Å². The van der Waals surface area contributed by atoms with Gasteiger partial charge in [-0.3, -0.25) is 0 Å². The summed E-state index contributed by atoms with van der Waals surface area (Å²) >= 11 is 0. The minimum absolute atomic E-state index is 0.0514. The molecular formula is C41H36N4. The summed E-state index contributed by atoms with van der Waals surface area (Å²) in [5.41, 5.74) is 13.4. The number of benzene rings is 3. The summed E-state index contributed by atoms with van der Waals surface area (Å²) in [6, 6.07) is 28.7. The molecule has 3 aliphatic carbocycles. The van der Waals surface area contributed by atoms with E-state index in [1.165, 1.54) is 39.2 Å². The van der Waals surface area contributed by atoms with Crippen LogP contribution < -0.4 is 10.6 Å². The van der Waals surface area contributed by atoms with Gasteiger partial charge in [0.15, 0.2) is 0 Å². The van der Waals surface area contributed by atoms with Crippen molar-refractivity contribution in [3.8, 4) is 0 Å². The van der Waals surface area contributed by atoms with Crippen molar-refractivity contribution in [2.24, 2.45) is 16.8 Å². The number of hydrogen-bond acceptors (Lipinski definition) is 4. The summed E-state index contributed by atoms with van der Waals surface area (Å²) in [5, 5.41) is 7.85. The Morgan fingerprint density at radius 3 is 2.42 bits per heavy atom. The maximum absolute atomic E-state index is 5.25. The van der Waals surface area contributed by atoms with E-state index in [4.69, 9.17) is 4.99 Å². The maximum Gasteiger partial charge on any atom is 0.123 e. The van der Waals surface area contributed by atoms with Gasteiger partial charge in [0.2, 0.25) is 0 Å². The summed E-state index contributed by atoms with van der Waals surface area (Å²) in [7, 11) is 0. The molecule has 4 nitrogen and oxygen atoms in total. The molecule has 6 aliphatic rings. The Labute approximate surface area is 265 Å². The van der Waals surface area contributed by atoms with E-state index in [1.54, 1.807) is 0 Å². The van der Waals surface area contributed by atoms with Gasteiger partial charge in [-0.15, -0.1) is 0 Å². The van der Waals surface area contributed by atoms with Gasteiger partial charge in [0, 0.05) is 39.9 Å². The van der Waals surface area contributed by atoms with Crippen molar-refractivity contribution in [3.63, 3.8) is 0 Å². The Balaban J connectivity index is 1.28. The first-order valence-electron chi connectivity index (χ1n) is 16.1. The fraction of sp³-hybridized carbons (Fsp3) is 0.195. The van der Waals surface area contributed by atoms with Gasteiger partial charge in [0.05, 0.1) is 28.8 Å². The molecule has 0 spiro atoms. The minimum atomic E-state index is -0.202. The van der Waals surface area contributed by atoms with Gasteiger partial charge >= 0.3 is 0 Å². The third kappa shape index (κ3) is 4.01. The Bertz CT molecular complexity index is 1970. The summed E-state index contributed by atoms with van der Waals surface area (Å²) < 4.78 is 0. The fourth-order valence-corrected chi connectivity index (χ4v) is 8.51. The first kappa shape index (κ1) is 26.3. The lowest BCUT2D eigenvalue weighted by molar-refractivity contribution is 0.271. The molecule has 0 amide bonds. The second-order valence-corrected chi connectivity index (χ2v) is 13.2. The van der Waals surface area contributed by atoms with Crippen LogP contribution in [0, 0.1) is 11.8 Å². The van der Waals surface area contributed by atoms with Crippen molar-refractivity contribution in [1.29, 1.82) is 0 Å². The van der Waals surface area contributed by atoms with Crippen LogP contribution in [0.15, 0.2) is 144 Å². The first-order chi connectivity index (χ1) is 22.1. The van der Waals surface area contributed by atoms with Crippen molar-refractivity contribution in [3.05, 3.63) is 167 Å². The van der Waals surface area contributed by atoms with Crippen LogP contribution in [0.3, 0.4) is 0 Å². The predicted octanol–water partition coefficient (Wildman–Crippen LogP) is 8.05. The molecule has 5 atom stereocenters. The van der Waals surface area contributed by atoms with Crippen LogP contribution in [0.4, 0.5) is 0 Å². The molecule has 220 valence electrons. The van der Waals surface area contributed by atoms with Crippen molar-refractivity contribution in [1.82, 2.24) is 15.5 Å². The van der Waals surface area contributed by atoms with Crippen LogP contribution >= 0.6 is 0 Å². The van der Waals surface area contributed by atoms with E-state index in [0.717, 1.165) is 29.1 Å². The SMILES string of the molecule is CC1CC(c2ccccc2)=CC2(C)c3cc(C4=C(c5ccccc5)N=C5C=CC=CC5N4)ccc3C3=C(NC4C=CC=CN34)C12. The molecule has 4 heteroatoms. The lowest BCUT2D eigenvalue weighted by atomic mass is 9.56. The Hall–Kier alpha value is -5.09. The summed E-state index contributed by atoms with van der Waals surface area (Å²) in [6.45, 7) is 4.92. The van der Waals surface area contributed by atoms with Gasteiger partial charge in [0.1, 0.15) is 6.17 Å². The summed E-state index contributed by atoms with van der Waals surface area (Å²) in [5.74, 6) is 0.782. The number of hydrogen-bond donors (Lipinski definition) is 2. The lowest BCUT2D eigenvalue weighted by Gasteiger charge is -2.48. The molecule has 0 aromatic heterocycles. The number of rotatable bonds is 3. The second-order valence-electron chi connectivity index (χ2n) is 13.2. The van der Waals surface area contributed by atoms with E-state index in [9.17, 15) is 0 Å². The number of aliphatic imine (C=N–C) groups is 1. The lowest BCUT2D eigenvalue weighted by Crippen LogP contribution is -2.44. The van der Waals surface area contributed by atoms with Gasteiger partial charge in [0.25, 0.3) is 0 Å². The van der Waals surface area contributed by atoms with Crippen molar-refractivity contribution in [2.45, 2.75) is 37.9 Å². The Kier molecular flexibility index (Phi) is 5.83. The summed E-state index contributed by atoms with van der Waals surface area (Å²) in [4.78, 5) is 7.68. The quantitative estimate of drug-likeness (QED) is 0.327. The highest BCUT2D eigenvalue weighted by atomic mass is 15.3. The highest BCUT2D eigenvalue weighted by Gasteiger charge is 2.52. The molecule has 3 aromatic rings. The molecule has 0 radical (unpaired) electrons.